The van der Waals surface area contributed by atoms with Crippen molar-refractivity contribution in [1.82, 2.24) is 0 Å². The Bertz CT molecular complexity index is 970. The summed E-state index contributed by atoms with van der Waals surface area (Å²) in [7, 11) is 0. The lowest BCUT2D eigenvalue weighted by molar-refractivity contribution is -0.117. The van der Waals surface area contributed by atoms with Crippen LogP contribution >= 0.6 is 0 Å². The largest absolute Gasteiger partial charge is 0.411 e. The molecule has 0 fully saturated rings. The Morgan fingerprint density at radius 3 is 0.620 bits per heavy atom. The van der Waals surface area contributed by atoms with Crippen LogP contribution < -0.4 is 0 Å². The zero-order valence-electron chi connectivity index (χ0n) is 63.2. The first-order chi connectivity index (χ1) is 36.0. The number of oxime groups is 1. The Labute approximate surface area is 508 Å². The van der Waals surface area contributed by atoms with Crippen LogP contribution in [0, 0.1) is 76.9 Å². The number of ketones is 2. The van der Waals surface area contributed by atoms with E-state index in [-0.39, 0.29) is 11.6 Å². The van der Waals surface area contributed by atoms with E-state index in [0.29, 0.717) is 24.2 Å². The second-order valence-corrected chi connectivity index (χ2v) is 27.3. The predicted octanol–water partition coefficient (Wildman–Crippen LogP) is 27.9. The highest BCUT2D eigenvalue weighted by molar-refractivity contribution is 5.89. The Morgan fingerprint density at radius 2 is 0.582 bits per heavy atom. The smallest absolute Gasteiger partial charge is 0.155 e. The monoisotopic (exact) mass is 1130 g/mol. The number of nitrogens with zero attached hydrogens (tertiary/aromatic N) is 1. The standard InChI is InChI=1S/C7H12O.C7H14.C7H16.C6H13NO.C6H12O.2C6H14.6C5H12/c1-4-7(8)5-6(2)3;1-6(2)5-7(3)4;1-4-5-6-7(2)3;1-5(2)4-6(3)7-8;1-5(2)4-6(3)7;2*1-4-5-6(2)3;6*1-4-5(2)3/h4,6H,1,5H2,2-3H3;7H,1,5H2,2-4H3;7H,4-6H2,1-3H3;5,8H,4H2,1-3H3;5H,4H2,1-3H3;2*6H,4-5H2,1-3H3;6*5H,4H2,1-3H3/b;;;7-6+;;;;;;;;;. The maximum atomic E-state index is 10.5. The summed E-state index contributed by atoms with van der Waals surface area (Å²) in [5.74, 6) is 10.8. The number of Topliss-reactive ketones (excluding diaryl/α,β-unsaturated/α-hetero) is 1. The number of carbonyl (C=O) groups excluding carboxylic acids is 2. The minimum atomic E-state index is 0.139. The number of carbonyl (C=O) groups is 2. The molecule has 0 atom stereocenters. The maximum absolute atomic E-state index is 10.5. The van der Waals surface area contributed by atoms with E-state index >= 15 is 0 Å². The van der Waals surface area contributed by atoms with E-state index in [4.69, 9.17) is 5.21 Å². The van der Waals surface area contributed by atoms with E-state index in [0.717, 1.165) is 77.7 Å². The van der Waals surface area contributed by atoms with Gasteiger partial charge in [0.25, 0.3) is 0 Å². The molecule has 4 heteroatoms. The SMILES string of the molecule is C/C(CC(C)C)=N\O.C=C(C)CC(C)C.C=CC(=O)CC(C)C.CC(=O)CC(C)C.CCC(C)C.CCC(C)C.CCC(C)C.CCC(C)C.CCC(C)C.CCC(C)C.CCCC(C)C.CCCC(C)C.CCCCC(C)C. The molecule has 0 aromatic carbocycles. The highest BCUT2D eigenvalue weighted by atomic mass is 16.4. The van der Waals surface area contributed by atoms with Crippen LogP contribution in [0.4, 0.5) is 0 Å². The van der Waals surface area contributed by atoms with Crippen LogP contribution in [-0.4, -0.2) is 22.5 Å². The molecule has 0 rings (SSSR count). The first-order valence-electron chi connectivity index (χ1n) is 33.5. The van der Waals surface area contributed by atoms with E-state index in [1.807, 2.05) is 34.6 Å². The van der Waals surface area contributed by atoms with Gasteiger partial charge < -0.3 is 10.0 Å². The minimum Gasteiger partial charge on any atom is -0.411 e. The Balaban J connectivity index is -0.0000000545. The van der Waals surface area contributed by atoms with Crippen LogP contribution in [0.3, 0.4) is 0 Å². The first-order valence-corrected chi connectivity index (χ1v) is 33.5. The number of allylic oxidation sites excluding steroid dienone is 2. The lowest BCUT2D eigenvalue weighted by Crippen LogP contribution is -1.97. The van der Waals surface area contributed by atoms with Gasteiger partial charge in [0.05, 0.1) is 5.71 Å². The summed E-state index contributed by atoms with van der Waals surface area (Å²) in [5.41, 5.74) is 2.09. The van der Waals surface area contributed by atoms with Crippen LogP contribution in [0.25, 0.3) is 0 Å². The van der Waals surface area contributed by atoms with Gasteiger partial charge in [0.2, 0.25) is 0 Å². The molecule has 0 amide bonds. The third-order valence-corrected chi connectivity index (χ3v) is 10.9. The van der Waals surface area contributed by atoms with Gasteiger partial charge in [0.1, 0.15) is 5.78 Å². The Hall–Kier alpha value is -1.71. The van der Waals surface area contributed by atoms with E-state index in [2.05, 4.69) is 240 Å². The number of hydrogen-bond acceptors (Lipinski definition) is 4. The molecule has 1 N–H and O–H groups in total. The Morgan fingerprint density at radius 1 is 0.354 bits per heavy atom. The first kappa shape index (κ1) is 109. The van der Waals surface area contributed by atoms with Gasteiger partial charge in [-0.15, -0.1) is 6.58 Å². The maximum Gasteiger partial charge on any atom is 0.155 e. The highest BCUT2D eigenvalue weighted by Gasteiger charge is 1.98. The molecule has 0 heterocycles. The van der Waals surface area contributed by atoms with E-state index < -0.39 is 0 Å². The summed E-state index contributed by atoms with van der Waals surface area (Å²) >= 11 is 0. The molecule has 0 radical (unpaired) electrons. The van der Waals surface area contributed by atoms with Crippen molar-refractivity contribution in [3.63, 3.8) is 0 Å². The fourth-order valence-electron chi connectivity index (χ4n) is 4.16. The molecule has 0 saturated carbocycles. The number of hydrogen-bond donors (Lipinski definition) is 1. The van der Waals surface area contributed by atoms with Crippen molar-refractivity contribution >= 4 is 17.3 Å². The van der Waals surface area contributed by atoms with Crippen molar-refractivity contribution in [2.24, 2.45) is 82.1 Å². The minimum absolute atomic E-state index is 0.139. The third-order valence-electron chi connectivity index (χ3n) is 10.9. The topological polar surface area (TPSA) is 66.7 Å². The molecule has 0 aromatic rings. The molecule has 490 valence electrons. The average Bonchev–Trinajstić information content (AvgIpc) is 3.31. The normalized spacial score (nSPS) is 10.0. The molecule has 0 saturated heterocycles. The molecule has 79 heavy (non-hydrogen) atoms. The summed E-state index contributed by atoms with van der Waals surface area (Å²) in [5, 5.41) is 11.2. The van der Waals surface area contributed by atoms with Crippen molar-refractivity contribution in [3.8, 4) is 0 Å². The summed E-state index contributed by atoms with van der Waals surface area (Å²) < 4.78 is 0. The van der Waals surface area contributed by atoms with Gasteiger partial charge in [-0.05, 0) is 117 Å². The molecule has 0 aliphatic heterocycles. The number of rotatable bonds is 22. The van der Waals surface area contributed by atoms with Crippen LogP contribution in [0.2, 0.25) is 0 Å². The quantitative estimate of drug-likeness (QED) is 0.0386. The summed E-state index contributed by atoms with van der Waals surface area (Å²) in [6.07, 6.45) is 22.2. The molecular formula is C75H167NO3. The van der Waals surface area contributed by atoms with E-state index in [9.17, 15) is 9.59 Å². The molecular weight excluding hydrogens is 963 g/mol. The van der Waals surface area contributed by atoms with Crippen molar-refractivity contribution in [2.45, 2.75) is 372 Å². The molecule has 0 aliphatic rings. The number of unbranched alkanes of at least 4 members (excludes halogenated alkanes) is 1. The summed E-state index contributed by atoms with van der Waals surface area (Å²) in [6.45, 7) is 89.5. The van der Waals surface area contributed by atoms with Gasteiger partial charge in [-0.25, -0.2) is 0 Å². The molecule has 0 unspecified atom stereocenters. The zero-order chi connectivity index (χ0) is 66.2. The predicted molar refractivity (Wildman–Crippen MR) is 378 cm³/mol. The van der Waals surface area contributed by atoms with Gasteiger partial charge in [-0.1, -0.05) is 343 Å². The molecule has 0 bridgehead atoms. The van der Waals surface area contributed by atoms with Gasteiger partial charge >= 0.3 is 0 Å². The van der Waals surface area contributed by atoms with Crippen molar-refractivity contribution in [3.05, 3.63) is 24.8 Å². The fraction of sp³-hybridized carbons (Fsp3) is 0.907. The van der Waals surface area contributed by atoms with Crippen molar-refractivity contribution < 1.29 is 14.8 Å². The average molecular weight is 1130 g/mol. The Kier molecular flexibility index (Phi) is 128. The second kappa shape index (κ2) is 92.7. The van der Waals surface area contributed by atoms with Crippen LogP contribution in [-0.2, 0) is 9.59 Å². The van der Waals surface area contributed by atoms with Crippen LogP contribution in [0.1, 0.15) is 372 Å². The summed E-state index contributed by atoms with van der Waals surface area (Å²) in [4.78, 5) is 20.8. The zero-order valence-corrected chi connectivity index (χ0v) is 63.2. The molecule has 0 aromatic heterocycles. The second-order valence-electron chi connectivity index (χ2n) is 27.3. The van der Waals surface area contributed by atoms with Gasteiger partial charge in [0.15, 0.2) is 5.78 Å². The van der Waals surface area contributed by atoms with E-state index in [1.54, 1.807) is 6.92 Å². The van der Waals surface area contributed by atoms with Crippen LogP contribution in [0.5, 0.6) is 0 Å². The molecule has 0 aliphatic carbocycles. The van der Waals surface area contributed by atoms with Crippen molar-refractivity contribution in [1.29, 1.82) is 0 Å². The lowest BCUT2D eigenvalue weighted by Gasteiger charge is -2.00. The van der Waals surface area contributed by atoms with Gasteiger partial charge in [-0.3, -0.25) is 4.79 Å². The molecule has 4 nitrogen and oxygen atoms in total. The third kappa shape index (κ3) is 259. The fourth-order valence-corrected chi connectivity index (χ4v) is 4.16. The van der Waals surface area contributed by atoms with E-state index in [1.165, 1.54) is 102 Å². The highest BCUT2D eigenvalue weighted by Crippen LogP contribution is 2.07. The van der Waals surface area contributed by atoms with Gasteiger partial charge in [-0.2, -0.15) is 0 Å². The molecule has 0 spiro atoms. The van der Waals surface area contributed by atoms with Crippen molar-refractivity contribution in [2.75, 3.05) is 0 Å². The summed E-state index contributed by atoms with van der Waals surface area (Å²) in [6, 6.07) is 0. The van der Waals surface area contributed by atoms with Crippen LogP contribution in [0.15, 0.2) is 30.0 Å². The van der Waals surface area contributed by atoms with Gasteiger partial charge in [0, 0.05) is 12.8 Å². The lowest BCUT2D eigenvalue weighted by atomic mass is 10.1.